The van der Waals surface area contributed by atoms with Crippen molar-refractivity contribution in [2.75, 3.05) is 13.2 Å². The maximum absolute atomic E-state index is 11.5. The second-order valence-electron chi connectivity index (χ2n) is 4.90. The normalized spacial score (nSPS) is 26.1. The van der Waals surface area contributed by atoms with Gasteiger partial charge in [0.05, 0.1) is 6.10 Å². The Morgan fingerprint density at radius 2 is 1.85 bits per heavy atom. The van der Waals surface area contributed by atoms with Crippen molar-refractivity contribution < 1.29 is 28.9 Å². The van der Waals surface area contributed by atoms with Gasteiger partial charge in [-0.15, -0.1) is 0 Å². The molecule has 0 aromatic heterocycles. The number of ether oxygens (including phenoxy) is 3. The van der Waals surface area contributed by atoms with Crippen molar-refractivity contribution in [1.82, 2.24) is 0 Å². The molecule has 3 unspecified atom stereocenters. The molecule has 0 radical (unpaired) electrons. The molecule has 6 nitrogen and oxygen atoms in total. The monoisotopic (exact) mass is 288 g/mol. The van der Waals surface area contributed by atoms with Gasteiger partial charge in [0.15, 0.2) is 6.10 Å². The van der Waals surface area contributed by atoms with Crippen LogP contribution in [0.15, 0.2) is 0 Å². The van der Waals surface area contributed by atoms with Crippen molar-refractivity contribution >= 4 is 11.9 Å². The Balaban J connectivity index is 2.51. The summed E-state index contributed by atoms with van der Waals surface area (Å²) in [5.41, 5.74) is 0. The first-order chi connectivity index (χ1) is 9.58. The minimum atomic E-state index is -0.778. The van der Waals surface area contributed by atoms with Crippen molar-refractivity contribution in [3.63, 3.8) is 0 Å². The standard InChI is InChI=1S/C14H24O6/c1-3-5-12(16)19-9-11-14(10(15)7-8-18-11)20-13(17)6-4-2/h10-11,14-15H,3-9H2,1-2H3. The number of esters is 2. The molecule has 1 saturated heterocycles. The fraction of sp³-hybridized carbons (Fsp3) is 0.857. The molecular formula is C14H24O6. The predicted molar refractivity (Wildman–Crippen MR) is 71.0 cm³/mol. The molecule has 3 atom stereocenters. The predicted octanol–water partition coefficient (Wildman–Crippen LogP) is 1.19. The summed E-state index contributed by atoms with van der Waals surface area (Å²) >= 11 is 0. The van der Waals surface area contributed by atoms with Gasteiger partial charge < -0.3 is 19.3 Å². The van der Waals surface area contributed by atoms with Gasteiger partial charge in [0.25, 0.3) is 0 Å². The zero-order valence-electron chi connectivity index (χ0n) is 12.2. The SMILES string of the molecule is CCCC(=O)OCC1OCCC(O)C1OC(=O)CCC. The fourth-order valence-corrected chi connectivity index (χ4v) is 2.01. The molecule has 1 heterocycles. The lowest BCUT2D eigenvalue weighted by molar-refractivity contribution is -0.191. The smallest absolute Gasteiger partial charge is 0.306 e. The number of carbonyl (C=O) groups excluding carboxylic acids is 2. The largest absolute Gasteiger partial charge is 0.463 e. The number of hydrogen-bond acceptors (Lipinski definition) is 6. The Hall–Kier alpha value is -1.14. The number of carbonyl (C=O) groups is 2. The van der Waals surface area contributed by atoms with Gasteiger partial charge in [-0.1, -0.05) is 13.8 Å². The van der Waals surface area contributed by atoms with Gasteiger partial charge in [-0.3, -0.25) is 9.59 Å². The van der Waals surface area contributed by atoms with E-state index in [1.807, 2.05) is 13.8 Å². The van der Waals surface area contributed by atoms with Crippen LogP contribution in [0.1, 0.15) is 46.0 Å². The summed E-state index contributed by atoms with van der Waals surface area (Å²) in [6.45, 7) is 4.12. The molecule has 0 aromatic rings. The minimum Gasteiger partial charge on any atom is -0.463 e. The van der Waals surface area contributed by atoms with Gasteiger partial charge >= 0.3 is 11.9 Å². The third kappa shape index (κ3) is 5.46. The van der Waals surface area contributed by atoms with Gasteiger partial charge in [-0.05, 0) is 12.8 Å². The molecule has 0 bridgehead atoms. The molecule has 116 valence electrons. The van der Waals surface area contributed by atoms with Crippen LogP contribution >= 0.6 is 0 Å². The molecule has 0 saturated carbocycles. The quantitative estimate of drug-likeness (QED) is 0.709. The van der Waals surface area contributed by atoms with Crippen molar-refractivity contribution in [3.05, 3.63) is 0 Å². The van der Waals surface area contributed by atoms with Crippen LogP contribution < -0.4 is 0 Å². The molecule has 1 N–H and O–H groups in total. The summed E-state index contributed by atoms with van der Waals surface area (Å²) in [6, 6.07) is 0. The highest BCUT2D eigenvalue weighted by Gasteiger charge is 2.37. The Morgan fingerprint density at radius 1 is 1.20 bits per heavy atom. The van der Waals surface area contributed by atoms with Crippen LogP contribution in [0.4, 0.5) is 0 Å². The van der Waals surface area contributed by atoms with Gasteiger partial charge in [0, 0.05) is 25.9 Å². The highest BCUT2D eigenvalue weighted by Crippen LogP contribution is 2.19. The number of hydrogen-bond donors (Lipinski definition) is 1. The first-order valence-electron chi connectivity index (χ1n) is 7.23. The maximum atomic E-state index is 11.5. The molecule has 1 rings (SSSR count). The van der Waals surface area contributed by atoms with Gasteiger partial charge in [0.1, 0.15) is 12.7 Å². The summed E-state index contributed by atoms with van der Waals surface area (Å²) < 4.78 is 15.8. The lowest BCUT2D eigenvalue weighted by Crippen LogP contribution is -2.49. The Kier molecular flexibility index (Phi) is 7.54. The van der Waals surface area contributed by atoms with E-state index >= 15 is 0 Å². The van der Waals surface area contributed by atoms with E-state index in [0.29, 0.717) is 38.7 Å². The number of aliphatic hydroxyl groups is 1. The molecular weight excluding hydrogens is 264 g/mol. The molecule has 0 amide bonds. The van der Waals surface area contributed by atoms with Crippen LogP contribution in [0.2, 0.25) is 0 Å². The lowest BCUT2D eigenvalue weighted by atomic mass is 10.0. The van der Waals surface area contributed by atoms with Crippen LogP contribution in [0.25, 0.3) is 0 Å². The topological polar surface area (TPSA) is 82.1 Å². The van der Waals surface area contributed by atoms with E-state index in [4.69, 9.17) is 14.2 Å². The first kappa shape index (κ1) is 16.9. The van der Waals surface area contributed by atoms with Gasteiger partial charge in [-0.25, -0.2) is 0 Å². The van der Waals surface area contributed by atoms with Crippen LogP contribution in [-0.4, -0.2) is 48.6 Å². The number of rotatable bonds is 7. The molecule has 0 aliphatic carbocycles. The Bertz CT molecular complexity index is 317. The highest BCUT2D eigenvalue weighted by molar-refractivity contribution is 5.70. The third-order valence-corrected chi connectivity index (χ3v) is 3.08. The van der Waals surface area contributed by atoms with Crippen LogP contribution in [0.5, 0.6) is 0 Å². The van der Waals surface area contributed by atoms with E-state index in [-0.39, 0.29) is 18.5 Å². The molecule has 0 spiro atoms. The maximum Gasteiger partial charge on any atom is 0.306 e. The van der Waals surface area contributed by atoms with Crippen molar-refractivity contribution in [1.29, 1.82) is 0 Å². The van der Waals surface area contributed by atoms with Crippen molar-refractivity contribution in [3.8, 4) is 0 Å². The Morgan fingerprint density at radius 3 is 2.50 bits per heavy atom. The second kappa shape index (κ2) is 8.92. The summed E-state index contributed by atoms with van der Waals surface area (Å²) in [6.07, 6.45) is 0.294. The van der Waals surface area contributed by atoms with Crippen LogP contribution in [0.3, 0.4) is 0 Å². The molecule has 1 aliphatic rings. The van der Waals surface area contributed by atoms with E-state index in [2.05, 4.69) is 0 Å². The zero-order valence-corrected chi connectivity index (χ0v) is 12.2. The van der Waals surface area contributed by atoms with E-state index in [1.165, 1.54) is 0 Å². The van der Waals surface area contributed by atoms with Crippen LogP contribution in [-0.2, 0) is 23.8 Å². The molecule has 1 aliphatic heterocycles. The van der Waals surface area contributed by atoms with E-state index in [1.54, 1.807) is 0 Å². The van der Waals surface area contributed by atoms with Gasteiger partial charge in [-0.2, -0.15) is 0 Å². The molecule has 1 fully saturated rings. The Labute approximate surface area is 119 Å². The van der Waals surface area contributed by atoms with Crippen LogP contribution in [0, 0.1) is 0 Å². The average Bonchev–Trinajstić information content (AvgIpc) is 2.40. The lowest BCUT2D eigenvalue weighted by Gasteiger charge is -2.34. The average molecular weight is 288 g/mol. The van der Waals surface area contributed by atoms with Crippen molar-refractivity contribution in [2.45, 2.75) is 64.3 Å². The summed E-state index contributed by atoms with van der Waals surface area (Å²) in [5.74, 6) is -0.679. The summed E-state index contributed by atoms with van der Waals surface area (Å²) in [5, 5.41) is 9.93. The van der Waals surface area contributed by atoms with E-state index < -0.39 is 18.3 Å². The fourth-order valence-electron chi connectivity index (χ4n) is 2.01. The number of aliphatic hydroxyl groups excluding tert-OH is 1. The van der Waals surface area contributed by atoms with Gasteiger partial charge in [0.2, 0.25) is 0 Å². The second-order valence-corrected chi connectivity index (χ2v) is 4.90. The summed E-state index contributed by atoms with van der Waals surface area (Å²) in [7, 11) is 0. The molecule has 6 heteroatoms. The third-order valence-electron chi connectivity index (χ3n) is 3.08. The van der Waals surface area contributed by atoms with E-state index in [0.717, 1.165) is 0 Å². The zero-order chi connectivity index (χ0) is 15.0. The minimum absolute atomic E-state index is 0.0000347. The summed E-state index contributed by atoms with van der Waals surface area (Å²) in [4.78, 5) is 22.9. The highest BCUT2D eigenvalue weighted by atomic mass is 16.6. The van der Waals surface area contributed by atoms with Crippen molar-refractivity contribution in [2.24, 2.45) is 0 Å². The van der Waals surface area contributed by atoms with E-state index in [9.17, 15) is 14.7 Å². The molecule has 20 heavy (non-hydrogen) atoms. The first-order valence-corrected chi connectivity index (χ1v) is 7.23. The molecule has 0 aromatic carbocycles.